The maximum Gasteiger partial charge on any atom is 0.145 e. The standard InChI is InChI=1S/C12H15B6NO3/c13-3-1-2-4(14)12(21)8(18)6(16)10(2)19(22)9(1)5(15)7(17)11(3)20/h20-22H,13-18H2. The molecule has 3 aromatic rings. The molecule has 0 aliphatic rings. The van der Waals surface area contributed by atoms with E-state index in [1.165, 1.54) is 4.73 Å². The van der Waals surface area contributed by atoms with Crippen molar-refractivity contribution in [3.05, 3.63) is 0 Å². The molecule has 4 nitrogen and oxygen atoms in total. The van der Waals surface area contributed by atoms with Gasteiger partial charge in [-0.15, -0.1) is 0 Å². The predicted molar refractivity (Wildman–Crippen MR) is 109 cm³/mol. The van der Waals surface area contributed by atoms with Crippen molar-refractivity contribution >= 4 is 102 Å². The lowest BCUT2D eigenvalue weighted by atomic mass is 9.71. The lowest BCUT2D eigenvalue weighted by Gasteiger charge is -2.12. The Morgan fingerprint density at radius 2 is 0.864 bits per heavy atom. The largest absolute Gasteiger partial charge is 0.509 e. The first-order chi connectivity index (χ1) is 10.2. The fraction of sp³-hybridized carbons (Fsp3) is 0. The lowest BCUT2D eigenvalue weighted by molar-refractivity contribution is 0.214. The summed E-state index contributed by atoms with van der Waals surface area (Å²) in [6, 6.07) is 0. The first kappa shape index (κ1) is 14.9. The van der Waals surface area contributed by atoms with Crippen LogP contribution in [0.25, 0.3) is 21.8 Å². The molecule has 0 amide bonds. The fourth-order valence-corrected chi connectivity index (χ4v) is 3.49. The number of nitrogens with zero attached hydrogens (tertiary/aromatic N) is 1. The highest BCUT2D eigenvalue weighted by Crippen LogP contribution is 2.25. The maximum atomic E-state index is 10.7. The summed E-state index contributed by atoms with van der Waals surface area (Å²) in [6.45, 7) is 0. The van der Waals surface area contributed by atoms with E-state index in [0.29, 0.717) is 11.0 Å². The van der Waals surface area contributed by atoms with Crippen LogP contribution in [0.3, 0.4) is 0 Å². The van der Waals surface area contributed by atoms with Crippen molar-refractivity contribution in [3.8, 4) is 11.5 Å². The van der Waals surface area contributed by atoms with Gasteiger partial charge >= 0.3 is 0 Å². The molecule has 0 spiro atoms. The molecule has 104 valence electrons. The smallest absolute Gasteiger partial charge is 0.145 e. The average Bonchev–Trinajstić information content (AvgIpc) is 2.80. The highest BCUT2D eigenvalue weighted by atomic mass is 16.5. The van der Waals surface area contributed by atoms with Crippen LogP contribution in [0.4, 0.5) is 0 Å². The number of aromatic nitrogens is 1. The lowest BCUT2D eigenvalue weighted by Crippen LogP contribution is -2.32. The molecule has 0 radical (unpaired) electrons. The van der Waals surface area contributed by atoms with Crippen molar-refractivity contribution in [1.82, 2.24) is 4.73 Å². The summed E-state index contributed by atoms with van der Waals surface area (Å²) in [4.78, 5) is 0. The maximum absolute atomic E-state index is 10.7. The first-order valence-electron chi connectivity index (χ1n) is 7.34. The van der Waals surface area contributed by atoms with Gasteiger partial charge in [0.2, 0.25) is 0 Å². The van der Waals surface area contributed by atoms with Crippen LogP contribution >= 0.6 is 0 Å². The average molecular weight is 286 g/mol. The molecular weight excluding hydrogens is 271 g/mol. The molecule has 0 saturated heterocycles. The third kappa shape index (κ3) is 1.55. The topological polar surface area (TPSA) is 65.6 Å². The Bertz CT molecular complexity index is 904. The minimum atomic E-state index is 0.245. The van der Waals surface area contributed by atoms with E-state index in [2.05, 4.69) is 0 Å². The molecule has 0 atom stereocenters. The van der Waals surface area contributed by atoms with Crippen molar-refractivity contribution in [2.45, 2.75) is 0 Å². The van der Waals surface area contributed by atoms with Gasteiger partial charge in [0.25, 0.3) is 0 Å². The Morgan fingerprint density at radius 1 is 0.545 bits per heavy atom. The van der Waals surface area contributed by atoms with Crippen molar-refractivity contribution in [1.29, 1.82) is 0 Å². The number of fused-ring (bicyclic) bond motifs is 3. The molecular formula is C12H15B6NO3. The van der Waals surface area contributed by atoms with E-state index in [1.807, 2.05) is 47.1 Å². The number of rotatable bonds is 0. The summed E-state index contributed by atoms with van der Waals surface area (Å²) in [7, 11) is 11.2. The number of phenols is 2. The molecule has 1 aromatic heterocycles. The van der Waals surface area contributed by atoms with Gasteiger partial charge in [0.1, 0.15) is 58.6 Å². The number of phenolic OH excluding ortho intramolecular Hbond substituents is 2. The van der Waals surface area contributed by atoms with Gasteiger partial charge < -0.3 is 15.4 Å². The zero-order chi connectivity index (χ0) is 16.5. The van der Waals surface area contributed by atoms with Crippen molar-refractivity contribution < 1.29 is 15.4 Å². The van der Waals surface area contributed by atoms with Crippen LogP contribution in [0.1, 0.15) is 0 Å². The summed E-state index contributed by atoms with van der Waals surface area (Å²) in [5.74, 6) is 0.490. The fourth-order valence-electron chi connectivity index (χ4n) is 3.49. The van der Waals surface area contributed by atoms with Crippen molar-refractivity contribution in [3.63, 3.8) is 0 Å². The molecule has 3 N–H and O–H groups in total. The summed E-state index contributed by atoms with van der Waals surface area (Å²) in [6.07, 6.45) is 0. The second kappa shape index (κ2) is 4.51. The van der Waals surface area contributed by atoms with Gasteiger partial charge in [-0.2, -0.15) is 4.73 Å². The van der Waals surface area contributed by atoms with Crippen LogP contribution < -0.4 is 32.8 Å². The summed E-state index contributed by atoms with van der Waals surface area (Å²) >= 11 is 0. The van der Waals surface area contributed by atoms with Gasteiger partial charge in [-0.3, -0.25) is 0 Å². The Morgan fingerprint density at radius 3 is 1.18 bits per heavy atom. The molecule has 2 aromatic carbocycles. The molecule has 1 heterocycles. The predicted octanol–water partition coefficient (Wildman–Crippen LogP) is -8.01. The Labute approximate surface area is 133 Å². The SMILES string of the molecule is Bc1c(O)c(B)c2c3c(B)c(O)c(B)c(B)c3n(O)c2c1B. The van der Waals surface area contributed by atoms with E-state index in [1.54, 1.807) is 0 Å². The summed E-state index contributed by atoms with van der Waals surface area (Å²) in [5, 5.41) is 33.1. The van der Waals surface area contributed by atoms with E-state index in [0.717, 1.165) is 43.5 Å². The van der Waals surface area contributed by atoms with Gasteiger partial charge in [-0.25, -0.2) is 0 Å². The van der Waals surface area contributed by atoms with Crippen molar-refractivity contribution in [2.75, 3.05) is 0 Å². The Kier molecular flexibility index (Phi) is 3.06. The number of hydrogen-bond acceptors (Lipinski definition) is 3. The Balaban J connectivity index is 2.81. The highest BCUT2D eigenvalue weighted by molar-refractivity contribution is 6.63. The Hall–Kier alpha value is -1.97. The number of aromatic hydroxyl groups is 2. The highest BCUT2D eigenvalue weighted by Gasteiger charge is 2.23. The van der Waals surface area contributed by atoms with Gasteiger partial charge in [0, 0.05) is 10.8 Å². The van der Waals surface area contributed by atoms with Crippen LogP contribution in [0.2, 0.25) is 0 Å². The van der Waals surface area contributed by atoms with Crippen LogP contribution in [0, 0.1) is 0 Å². The van der Waals surface area contributed by atoms with Crippen LogP contribution in [0.5, 0.6) is 11.5 Å². The van der Waals surface area contributed by atoms with E-state index < -0.39 is 0 Å². The van der Waals surface area contributed by atoms with Gasteiger partial charge in [-0.05, 0) is 10.9 Å². The zero-order valence-corrected chi connectivity index (χ0v) is 13.8. The normalized spacial score (nSPS) is 11.5. The monoisotopic (exact) mass is 287 g/mol. The van der Waals surface area contributed by atoms with Gasteiger partial charge in [-0.1, -0.05) is 21.9 Å². The van der Waals surface area contributed by atoms with Crippen LogP contribution in [-0.2, 0) is 0 Å². The van der Waals surface area contributed by atoms with Crippen LogP contribution in [-0.4, -0.2) is 67.2 Å². The second-order valence-corrected chi connectivity index (χ2v) is 6.21. The third-order valence-electron chi connectivity index (χ3n) is 5.15. The quantitative estimate of drug-likeness (QED) is 0.284. The molecule has 0 unspecified atom stereocenters. The van der Waals surface area contributed by atoms with E-state index >= 15 is 0 Å². The first-order valence-corrected chi connectivity index (χ1v) is 7.34. The minimum absolute atomic E-state index is 0.245. The van der Waals surface area contributed by atoms with Crippen molar-refractivity contribution in [2.24, 2.45) is 0 Å². The summed E-state index contributed by atoms with van der Waals surface area (Å²) in [5.41, 5.74) is 6.04. The molecule has 10 heteroatoms. The molecule has 0 bridgehead atoms. The molecule has 22 heavy (non-hydrogen) atoms. The molecule has 0 fully saturated rings. The van der Waals surface area contributed by atoms with Crippen LogP contribution in [0.15, 0.2) is 0 Å². The molecule has 0 saturated carbocycles. The second-order valence-electron chi connectivity index (χ2n) is 6.21. The number of hydrogen-bond donors (Lipinski definition) is 3. The molecule has 0 aliphatic carbocycles. The summed E-state index contributed by atoms with van der Waals surface area (Å²) < 4.78 is 1.20. The van der Waals surface area contributed by atoms with E-state index in [-0.39, 0.29) is 11.5 Å². The zero-order valence-electron chi connectivity index (χ0n) is 13.8. The van der Waals surface area contributed by atoms with E-state index in [4.69, 9.17) is 0 Å². The third-order valence-corrected chi connectivity index (χ3v) is 5.15. The number of benzene rings is 2. The molecule has 3 rings (SSSR count). The van der Waals surface area contributed by atoms with Gasteiger partial charge in [0.05, 0.1) is 11.0 Å². The van der Waals surface area contributed by atoms with E-state index in [9.17, 15) is 15.4 Å². The van der Waals surface area contributed by atoms with Gasteiger partial charge in [0.15, 0.2) is 0 Å². The minimum Gasteiger partial charge on any atom is -0.509 e. The molecule has 0 aliphatic heterocycles.